The van der Waals surface area contributed by atoms with E-state index in [1.807, 2.05) is 38.1 Å². The van der Waals surface area contributed by atoms with Gasteiger partial charge in [-0.1, -0.05) is 43.8 Å². The Morgan fingerprint density at radius 1 is 1.13 bits per heavy atom. The maximum atomic E-state index is 12.9. The molecule has 0 spiro atoms. The first-order chi connectivity index (χ1) is 14.3. The van der Waals surface area contributed by atoms with E-state index >= 15 is 0 Å². The average Bonchev–Trinajstić information content (AvgIpc) is 3.18. The van der Waals surface area contributed by atoms with E-state index in [0.717, 1.165) is 22.2 Å². The number of anilines is 1. The second kappa shape index (κ2) is 7.71. The number of aryl methyl sites for hydroxylation is 1. The van der Waals surface area contributed by atoms with E-state index in [4.69, 9.17) is 0 Å². The number of rotatable bonds is 4. The Morgan fingerprint density at radius 3 is 2.60 bits per heavy atom. The number of aromatic nitrogens is 4. The summed E-state index contributed by atoms with van der Waals surface area (Å²) >= 11 is 1.22. The quantitative estimate of drug-likeness (QED) is 0.468. The van der Waals surface area contributed by atoms with Gasteiger partial charge in [-0.05, 0) is 18.1 Å². The van der Waals surface area contributed by atoms with Crippen molar-refractivity contribution in [2.24, 2.45) is 14.1 Å². The molecule has 156 valence electrons. The van der Waals surface area contributed by atoms with Crippen LogP contribution in [0.3, 0.4) is 0 Å². The zero-order valence-corrected chi connectivity index (χ0v) is 18.2. The number of fused-ring (bicyclic) bond motifs is 2. The number of hydrogen-bond donors (Lipinski definition) is 0. The normalized spacial score (nSPS) is 13.3. The fraction of sp³-hybridized carbons (Fsp3) is 0.381. The van der Waals surface area contributed by atoms with Gasteiger partial charge >= 0.3 is 5.69 Å². The first kappa shape index (κ1) is 20.3. The summed E-state index contributed by atoms with van der Waals surface area (Å²) < 4.78 is 2.40. The lowest BCUT2D eigenvalue weighted by atomic mass is 10.2. The summed E-state index contributed by atoms with van der Waals surface area (Å²) in [7, 11) is 3.02. The van der Waals surface area contributed by atoms with E-state index in [1.54, 1.807) is 11.9 Å². The van der Waals surface area contributed by atoms with Crippen LogP contribution in [0.25, 0.3) is 11.0 Å². The summed E-state index contributed by atoms with van der Waals surface area (Å²) in [5.41, 5.74) is 1.50. The number of benzene rings is 1. The van der Waals surface area contributed by atoms with Crippen molar-refractivity contribution in [2.45, 2.75) is 31.2 Å². The van der Waals surface area contributed by atoms with Crippen molar-refractivity contribution < 1.29 is 4.79 Å². The van der Waals surface area contributed by atoms with Gasteiger partial charge in [-0.15, -0.1) is 0 Å². The van der Waals surface area contributed by atoms with Crippen LogP contribution in [0.15, 0.2) is 38.9 Å². The molecule has 0 bridgehead atoms. The first-order valence-electron chi connectivity index (χ1n) is 9.78. The number of nitrogens with zero attached hydrogens (tertiary/aromatic N) is 5. The lowest BCUT2D eigenvalue weighted by Gasteiger charge is -2.17. The van der Waals surface area contributed by atoms with Gasteiger partial charge in [0.1, 0.15) is 16.2 Å². The molecule has 0 N–H and O–H groups in total. The fourth-order valence-corrected chi connectivity index (χ4v) is 4.51. The Kier molecular flexibility index (Phi) is 5.23. The molecule has 0 saturated carbocycles. The second-order valence-corrected chi connectivity index (χ2v) is 8.62. The molecule has 30 heavy (non-hydrogen) atoms. The zero-order valence-electron chi connectivity index (χ0n) is 17.4. The highest BCUT2D eigenvalue weighted by atomic mass is 32.2. The van der Waals surface area contributed by atoms with Crippen LogP contribution in [0.4, 0.5) is 5.69 Å². The number of carbonyl (C=O) groups is 1. The zero-order chi connectivity index (χ0) is 21.6. The molecule has 1 aliphatic rings. The predicted octanol–water partition coefficient (Wildman–Crippen LogP) is 1.83. The third kappa shape index (κ3) is 3.32. The minimum atomic E-state index is -0.454. The average molecular weight is 426 g/mol. The Hall–Kier alpha value is -2.94. The van der Waals surface area contributed by atoms with Crippen LogP contribution in [0.1, 0.15) is 31.2 Å². The molecule has 1 aliphatic heterocycles. The lowest BCUT2D eigenvalue weighted by molar-refractivity contribution is -0.116. The summed E-state index contributed by atoms with van der Waals surface area (Å²) in [6.45, 7) is 4.54. The minimum Gasteiger partial charge on any atom is -0.311 e. The molecule has 4 rings (SSSR count). The van der Waals surface area contributed by atoms with Crippen molar-refractivity contribution in [1.82, 2.24) is 19.1 Å². The predicted molar refractivity (Wildman–Crippen MR) is 117 cm³/mol. The standard InChI is InChI=1S/C21H23N5O3S/c1-12(2)17-22-18-16(20(28)25(4)21(29)24(18)3)19(23-17)30-11-15(27)26-10-9-13-7-5-6-8-14(13)26/h5-8,12H,9-11H2,1-4H3. The maximum absolute atomic E-state index is 12.9. The summed E-state index contributed by atoms with van der Waals surface area (Å²) in [6.07, 6.45) is 0.836. The lowest BCUT2D eigenvalue weighted by Crippen LogP contribution is -2.38. The van der Waals surface area contributed by atoms with Crippen LogP contribution >= 0.6 is 11.8 Å². The van der Waals surface area contributed by atoms with Crippen LogP contribution in [0.2, 0.25) is 0 Å². The Bertz CT molecular complexity index is 1280. The Morgan fingerprint density at radius 2 is 1.87 bits per heavy atom. The molecule has 8 nitrogen and oxygen atoms in total. The van der Waals surface area contributed by atoms with Crippen LogP contribution < -0.4 is 16.1 Å². The summed E-state index contributed by atoms with van der Waals surface area (Å²) in [6, 6.07) is 7.89. The van der Waals surface area contributed by atoms with Gasteiger partial charge < -0.3 is 4.90 Å². The molecule has 0 fully saturated rings. The number of carbonyl (C=O) groups excluding carboxylic acids is 1. The molecule has 0 atom stereocenters. The van der Waals surface area contributed by atoms with Gasteiger partial charge in [0, 0.05) is 32.2 Å². The van der Waals surface area contributed by atoms with Gasteiger partial charge in [-0.3, -0.25) is 18.7 Å². The molecule has 2 aromatic heterocycles. The number of amides is 1. The molecule has 1 amide bonds. The Balaban J connectivity index is 1.73. The smallest absolute Gasteiger partial charge is 0.311 e. The third-order valence-corrected chi connectivity index (χ3v) is 6.28. The van der Waals surface area contributed by atoms with E-state index in [2.05, 4.69) is 9.97 Å². The van der Waals surface area contributed by atoms with Gasteiger partial charge in [0.05, 0.1) is 5.75 Å². The monoisotopic (exact) mass is 425 g/mol. The van der Waals surface area contributed by atoms with Gasteiger partial charge in [-0.2, -0.15) is 0 Å². The van der Waals surface area contributed by atoms with Crippen LogP contribution in [-0.2, 0) is 25.3 Å². The Labute approximate surface area is 177 Å². The summed E-state index contributed by atoms with van der Waals surface area (Å²) in [4.78, 5) is 48.9. The maximum Gasteiger partial charge on any atom is 0.332 e. The number of hydrogen-bond acceptors (Lipinski definition) is 6. The van der Waals surface area contributed by atoms with Crippen molar-refractivity contribution in [3.63, 3.8) is 0 Å². The van der Waals surface area contributed by atoms with Crippen molar-refractivity contribution in [3.05, 3.63) is 56.5 Å². The molecule has 3 aromatic rings. The molecular weight excluding hydrogens is 402 g/mol. The molecular formula is C21H23N5O3S. The minimum absolute atomic E-state index is 0.00840. The highest BCUT2D eigenvalue weighted by Crippen LogP contribution is 2.30. The van der Waals surface area contributed by atoms with E-state index in [1.165, 1.54) is 23.4 Å². The summed E-state index contributed by atoms with van der Waals surface area (Å²) in [5, 5.41) is 0.698. The van der Waals surface area contributed by atoms with E-state index in [-0.39, 0.29) is 23.0 Å². The van der Waals surface area contributed by atoms with Crippen LogP contribution in [-0.4, -0.2) is 37.3 Å². The van der Waals surface area contributed by atoms with Gasteiger partial charge in [0.2, 0.25) is 5.91 Å². The molecule has 3 heterocycles. The topological polar surface area (TPSA) is 90.1 Å². The molecule has 9 heteroatoms. The highest BCUT2D eigenvalue weighted by molar-refractivity contribution is 8.00. The molecule has 0 aliphatic carbocycles. The van der Waals surface area contributed by atoms with Gasteiger partial charge in [-0.25, -0.2) is 14.8 Å². The van der Waals surface area contributed by atoms with Crippen molar-refractivity contribution in [3.8, 4) is 0 Å². The molecule has 0 saturated heterocycles. The van der Waals surface area contributed by atoms with Crippen LogP contribution in [0.5, 0.6) is 0 Å². The third-order valence-electron chi connectivity index (χ3n) is 5.32. The second-order valence-electron chi connectivity index (χ2n) is 7.66. The van der Waals surface area contributed by atoms with E-state index in [0.29, 0.717) is 23.0 Å². The van der Waals surface area contributed by atoms with Crippen LogP contribution in [0, 0.1) is 0 Å². The SMILES string of the molecule is CC(C)c1nc(SCC(=O)N2CCc3ccccc32)c2c(=O)n(C)c(=O)n(C)c2n1. The number of thioether (sulfide) groups is 1. The molecule has 1 aromatic carbocycles. The van der Waals surface area contributed by atoms with Gasteiger partial charge in [0.15, 0.2) is 5.65 Å². The van der Waals surface area contributed by atoms with E-state index < -0.39 is 11.2 Å². The first-order valence-corrected chi connectivity index (χ1v) is 10.8. The summed E-state index contributed by atoms with van der Waals surface area (Å²) in [5.74, 6) is 0.648. The molecule has 0 radical (unpaired) electrons. The number of para-hydroxylation sites is 1. The molecule has 0 unspecified atom stereocenters. The van der Waals surface area contributed by atoms with Gasteiger partial charge in [0.25, 0.3) is 5.56 Å². The highest BCUT2D eigenvalue weighted by Gasteiger charge is 2.25. The van der Waals surface area contributed by atoms with Crippen molar-refractivity contribution in [1.29, 1.82) is 0 Å². The van der Waals surface area contributed by atoms with E-state index in [9.17, 15) is 14.4 Å². The fourth-order valence-electron chi connectivity index (χ4n) is 3.61. The van der Waals surface area contributed by atoms with Crippen molar-refractivity contribution >= 4 is 34.4 Å². The largest absolute Gasteiger partial charge is 0.332 e. The van der Waals surface area contributed by atoms with Crippen molar-refractivity contribution in [2.75, 3.05) is 17.2 Å².